The van der Waals surface area contributed by atoms with E-state index in [1.165, 1.54) is 11.3 Å². The molecule has 2 aromatic carbocycles. The molecule has 0 spiro atoms. The minimum absolute atomic E-state index is 0.0821. The third-order valence-electron chi connectivity index (χ3n) is 6.02. The Balaban J connectivity index is 1.43. The minimum atomic E-state index is -3.33. The number of nitrogens with one attached hydrogen (secondary N) is 2. The van der Waals surface area contributed by atoms with Crippen LogP contribution in [0.3, 0.4) is 0 Å². The molecule has 2 heterocycles. The van der Waals surface area contributed by atoms with Crippen LogP contribution in [0.15, 0.2) is 53.6 Å². The average Bonchev–Trinajstić information content (AvgIpc) is 3.25. The van der Waals surface area contributed by atoms with Crippen LogP contribution in [0.1, 0.15) is 35.4 Å². The van der Waals surface area contributed by atoms with Gasteiger partial charge in [0.25, 0.3) is 5.91 Å². The summed E-state index contributed by atoms with van der Waals surface area (Å²) in [7, 11) is -3.33. The van der Waals surface area contributed by atoms with Crippen molar-refractivity contribution in [3.05, 3.63) is 53.5 Å². The molecular formula is C24H24N4O4S2. The molecule has 0 aliphatic heterocycles. The fraction of sp³-hybridized carbons (Fsp3) is 0.292. The molecule has 1 aliphatic rings. The van der Waals surface area contributed by atoms with Crippen molar-refractivity contribution in [1.82, 2.24) is 15.3 Å². The van der Waals surface area contributed by atoms with Crippen LogP contribution in [0.4, 0.5) is 11.6 Å². The van der Waals surface area contributed by atoms with Crippen LogP contribution in [-0.4, -0.2) is 47.8 Å². The molecular weight excluding hydrogens is 472 g/mol. The number of anilines is 2. The average molecular weight is 497 g/mol. The number of hydrogen-bond acceptors (Lipinski definition) is 8. The van der Waals surface area contributed by atoms with E-state index in [9.17, 15) is 18.3 Å². The molecule has 0 atom stereocenters. The zero-order chi connectivity index (χ0) is 23.9. The predicted molar refractivity (Wildman–Crippen MR) is 133 cm³/mol. The van der Waals surface area contributed by atoms with Crippen LogP contribution in [-0.2, 0) is 9.84 Å². The number of carbonyl (C=O) groups is 1. The van der Waals surface area contributed by atoms with Gasteiger partial charge in [-0.15, -0.1) is 11.3 Å². The maximum atomic E-state index is 12.9. The van der Waals surface area contributed by atoms with E-state index in [0.717, 1.165) is 34.6 Å². The normalized spacial score (nSPS) is 18.8. The monoisotopic (exact) mass is 496 g/mol. The first-order valence-electron chi connectivity index (χ1n) is 11.0. The molecule has 2 aromatic heterocycles. The van der Waals surface area contributed by atoms with Crippen LogP contribution in [0.5, 0.6) is 0 Å². The summed E-state index contributed by atoms with van der Waals surface area (Å²) in [5.41, 5.74) is 1.28. The maximum Gasteiger partial charge on any atom is 0.261 e. The smallest absolute Gasteiger partial charge is 0.261 e. The van der Waals surface area contributed by atoms with Gasteiger partial charge in [0.15, 0.2) is 9.84 Å². The number of aromatic nitrogens is 2. The lowest BCUT2D eigenvalue weighted by Crippen LogP contribution is -2.38. The molecule has 5 rings (SSSR count). The molecule has 34 heavy (non-hydrogen) atoms. The second-order valence-electron chi connectivity index (χ2n) is 8.62. The van der Waals surface area contributed by atoms with E-state index >= 15 is 0 Å². The number of thiophene rings is 1. The number of nitrogens with zero attached hydrogens (tertiary/aromatic N) is 2. The summed E-state index contributed by atoms with van der Waals surface area (Å²) in [6.45, 7) is 0. The van der Waals surface area contributed by atoms with Gasteiger partial charge in [0.05, 0.1) is 21.4 Å². The zero-order valence-corrected chi connectivity index (χ0v) is 20.1. The number of amides is 1. The quantitative estimate of drug-likeness (QED) is 0.381. The van der Waals surface area contributed by atoms with Crippen LogP contribution >= 0.6 is 11.3 Å². The number of hydrogen-bond donors (Lipinski definition) is 3. The molecule has 0 bridgehead atoms. The van der Waals surface area contributed by atoms with E-state index in [4.69, 9.17) is 0 Å². The van der Waals surface area contributed by atoms with E-state index in [1.54, 1.807) is 30.5 Å². The molecule has 176 valence electrons. The first-order chi connectivity index (χ1) is 16.3. The summed E-state index contributed by atoms with van der Waals surface area (Å²) in [5, 5.41) is 17.6. The third-order valence-corrected chi connectivity index (χ3v) is 8.23. The van der Waals surface area contributed by atoms with Crippen LogP contribution in [0.2, 0.25) is 0 Å². The highest BCUT2D eigenvalue weighted by molar-refractivity contribution is 7.90. The van der Waals surface area contributed by atoms with E-state index < -0.39 is 9.84 Å². The Morgan fingerprint density at radius 1 is 1.12 bits per heavy atom. The van der Waals surface area contributed by atoms with Crippen molar-refractivity contribution in [2.45, 2.75) is 42.7 Å². The van der Waals surface area contributed by atoms with Crippen molar-refractivity contribution in [2.24, 2.45) is 0 Å². The lowest BCUT2D eigenvalue weighted by Gasteiger charge is -2.25. The van der Waals surface area contributed by atoms with Crippen molar-refractivity contribution in [1.29, 1.82) is 0 Å². The standard InChI is InChI=1S/C24H24N4O4S2/c1-34(31,32)18-4-2-3-16(11-18)27-24-25-13-14-5-10-20-19(22(14)28-24)12-21(33-20)23(30)26-15-6-8-17(29)9-7-15/h2-5,10-13,15,17,29H,6-9H2,1H3,(H,26,30)(H,25,27,28). The molecule has 0 unspecified atom stereocenters. The topological polar surface area (TPSA) is 121 Å². The number of carbonyl (C=O) groups excluding carboxylic acids is 1. The molecule has 10 heteroatoms. The number of aliphatic hydroxyl groups excluding tert-OH is 1. The molecule has 1 fully saturated rings. The van der Waals surface area contributed by atoms with Gasteiger partial charge in [-0.05, 0) is 62.1 Å². The van der Waals surface area contributed by atoms with Gasteiger partial charge in [-0.3, -0.25) is 4.79 Å². The Bertz CT molecular complexity index is 1490. The van der Waals surface area contributed by atoms with Gasteiger partial charge in [0.1, 0.15) is 0 Å². The summed E-state index contributed by atoms with van der Waals surface area (Å²) in [6.07, 6.45) is 5.59. The highest BCUT2D eigenvalue weighted by Crippen LogP contribution is 2.32. The van der Waals surface area contributed by atoms with E-state index in [-0.39, 0.29) is 22.9 Å². The molecule has 1 amide bonds. The molecule has 8 nitrogen and oxygen atoms in total. The van der Waals surface area contributed by atoms with Crippen molar-refractivity contribution in [2.75, 3.05) is 11.6 Å². The lowest BCUT2D eigenvalue weighted by molar-refractivity contribution is 0.0871. The van der Waals surface area contributed by atoms with Gasteiger partial charge in [-0.2, -0.15) is 0 Å². The largest absolute Gasteiger partial charge is 0.393 e. The molecule has 0 saturated heterocycles. The Labute approximate surface area is 201 Å². The summed E-state index contributed by atoms with van der Waals surface area (Å²) >= 11 is 1.41. The first kappa shape index (κ1) is 22.7. The number of benzene rings is 2. The number of aliphatic hydroxyl groups is 1. The zero-order valence-electron chi connectivity index (χ0n) is 18.5. The SMILES string of the molecule is CS(=O)(=O)c1cccc(Nc2ncc3ccc4sc(C(=O)NC5CCC(O)CC5)cc4c3n2)c1. The van der Waals surface area contributed by atoms with Crippen molar-refractivity contribution < 1.29 is 18.3 Å². The number of rotatable bonds is 5. The Morgan fingerprint density at radius 3 is 2.68 bits per heavy atom. The molecule has 3 N–H and O–H groups in total. The maximum absolute atomic E-state index is 12.9. The lowest BCUT2D eigenvalue weighted by atomic mass is 9.93. The van der Waals surface area contributed by atoms with Crippen molar-refractivity contribution in [3.8, 4) is 0 Å². The van der Waals surface area contributed by atoms with Crippen LogP contribution in [0.25, 0.3) is 21.0 Å². The van der Waals surface area contributed by atoms with Gasteiger partial charge in [0.2, 0.25) is 5.95 Å². The minimum Gasteiger partial charge on any atom is -0.393 e. The van der Waals surface area contributed by atoms with Crippen LogP contribution < -0.4 is 10.6 Å². The molecule has 1 saturated carbocycles. The van der Waals surface area contributed by atoms with Crippen LogP contribution in [0, 0.1) is 0 Å². The summed E-state index contributed by atoms with van der Waals surface area (Å²) in [6, 6.07) is 12.3. The van der Waals surface area contributed by atoms with Gasteiger partial charge < -0.3 is 15.7 Å². The van der Waals surface area contributed by atoms with Crippen molar-refractivity contribution in [3.63, 3.8) is 0 Å². The fourth-order valence-electron chi connectivity index (χ4n) is 4.19. The predicted octanol–water partition coefficient (Wildman–Crippen LogP) is 4.02. The van der Waals surface area contributed by atoms with Gasteiger partial charge in [-0.25, -0.2) is 18.4 Å². The Hall–Kier alpha value is -3.08. The van der Waals surface area contributed by atoms with Gasteiger partial charge in [-0.1, -0.05) is 6.07 Å². The van der Waals surface area contributed by atoms with Gasteiger partial charge in [0, 0.05) is 39.7 Å². The summed E-state index contributed by atoms with van der Waals surface area (Å²) in [5.74, 6) is 0.226. The highest BCUT2D eigenvalue weighted by atomic mass is 32.2. The summed E-state index contributed by atoms with van der Waals surface area (Å²) < 4.78 is 24.7. The molecule has 1 aliphatic carbocycles. The second kappa shape index (κ2) is 8.94. The highest BCUT2D eigenvalue weighted by Gasteiger charge is 2.22. The second-order valence-corrected chi connectivity index (χ2v) is 11.7. The third kappa shape index (κ3) is 4.75. The van der Waals surface area contributed by atoms with E-state index in [0.29, 0.717) is 34.9 Å². The van der Waals surface area contributed by atoms with Crippen molar-refractivity contribution >= 4 is 59.7 Å². The number of fused-ring (bicyclic) bond motifs is 3. The van der Waals surface area contributed by atoms with E-state index in [1.807, 2.05) is 18.2 Å². The van der Waals surface area contributed by atoms with Gasteiger partial charge >= 0.3 is 0 Å². The summed E-state index contributed by atoms with van der Waals surface area (Å²) in [4.78, 5) is 22.7. The Kier molecular flexibility index (Phi) is 5.97. The molecule has 4 aromatic rings. The first-order valence-corrected chi connectivity index (χ1v) is 13.7. The number of sulfone groups is 1. The van der Waals surface area contributed by atoms with E-state index in [2.05, 4.69) is 20.6 Å². The fourth-order valence-corrected chi connectivity index (χ4v) is 5.82. The molecule has 0 radical (unpaired) electrons. The Morgan fingerprint density at radius 2 is 1.91 bits per heavy atom.